The van der Waals surface area contributed by atoms with Crippen molar-refractivity contribution in [2.75, 3.05) is 5.75 Å². The van der Waals surface area contributed by atoms with Crippen molar-refractivity contribution in [3.8, 4) is 0 Å². The maximum Gasteiger partial charge on any atom is 0.128 e. The van der Waals surface area contributed by atoms with Crippen LogP contribution in [-0.4, -0.2) is 5.75 Å². The first kappa shape index (κ1) is 6.22. The molecule has 1 heteroatoms. The van der Waals surface area contributed by atoms with E-state index in [1.54, 1.807) is 11.8 Å². The fraction of sp³-hybridized carbons (Fsp3) is 0.600. The van der Waals surface area contributed by atoms with Crippen LogP contribution in [0.25, 0.3) is 0 Å². The van der Waals surface area contributed by atoms with E-state index >= 15 is 0 Å². The Kier molecular flexibility index (Phi) is 5.41. The minimum Gasteiger partial charge on any atom is -0.343 e. The van der Waals surface area contributed by atoms with E-state index in [9.17, 15) is 0 Å². The Labute approximate surface area is 44.3 Å². The molecular formula is C5H10S. The van der Waals surface area contributed by atoms with E-state index in [0.717, 1.165) is 12.2 Å². The average Bonchev–Trinajstić information content (AvgIpc) is 1.61. The van der Waals surface area contributed by atoms with Gasteiger partial charge in [-0.25, -0.2) is 0 Å². The molecule has 0 nitrogen and oxygen atoms in total. The van der Waals surface area contributed by atoms with Gasteiger partial charge >= 0.3 is 0 Å². The van der Waals surface area contributed by atoms with Crippen LogP contribution in [0.5, 0.6) is 0 Å². The molecule has 0 aromatic carbocycles. The third-order valence-corrected chi connectivity index (χ3v) is 1.12. The molecule has 36 valence electrons. The normalized spacial score (nSPS) is 8.83. The van der Waals surface area contributed by atoms with Gasteiger partial charge in [-0.15, -0.1) is 0 Å². The molecule has 0 amide bonds. The van der Waals surface area contributed by atoms with Crippen LogP contribution in [0.3, 0.4) is 0 Å². The van der Waals surface area contributed by atoms with Crippen LogP contribution in [-0.2, 0) is 0 Å². The van der Waals surface area contributed by atoms with E-state index in [1.807, 2.05) is 0 Å². The van der Waals surface area contributed by atoms with E-state index in [0.29, 0.717) is 0 Å². The summed E-state index contributed by atoms with van der Waals surface area (Å²) >= 11 is 1.64. The molecule has 0 atom stereocenters. The molecule has 0 rings (SSSR count). The van der Waals surface area contributed by atoms with Gasteiger partial charge in [0.2, 0.25) is 0 Å². The fourth-order valence-corrected chi connectivity index (χ4v) is 0.612. The maximum atomic E-state index is 3.68. The van der Waals surface area contributed by atoms with Gasteiger partial charge in [0.15, 0.2) is 0 Å². The van der Waals surface area contributed by atoms with Crippen molar-refractivity contribution in [2.45, 2.75) is 12.8 Å². The van der Waals surface area contributed by atoms with Gasteiger partial charge in [-0.1, -0.05) is 6.42 Å². The SMILES string of the molecule is [CH2+]SCCC[CH2-]. The summed E-state index contributed by atoms with van der Waals surface area (Å²) in [5.74, 6) is 1.16. The molecule has 0 aromatic rings. The quantitative estimate of drug-likeness (QED) is 0.388. The van der Waals surface area contributed by atoms with Crippen LogP contribution in [0.4, 0.5) is 0 Å². The summed E-state index contributed by atoms with van der Waals surface area (Å²) in [4.78, 5) is 0. The van der Waals surface area contributed by atoms with Gasteiger partial charge in [-0.05, 0) is 0 Å². The van der Waals surface area contributed by atoms with E-state index in [2.05, 4.69) is 13.2 Å². The summed E-state index contributed by atoms with van der Waals surface area (Å²) in [5.41, 5.74) is 0. The van der Waals surface area contributed by atoms with Crippen LogP contribution in [0, 0.1) is 13.2 Å². The third-order valence-electron chi connectivity index (χ3n) is 0.539. The van der Waals surface area contributed by atoms with E-state index < -0.39 is 0 Å². The lowest BCUT2D eigenvalue weighted by Gasteiger charge is -1.87. The molecule has 0 saturated carbocycles. The summed E-state index contributed by atoms with van der Waals surface area (Å²) in [6, 6.07) is 0. The molecule has 6 heavy (non-hydrogen) atoms. The van der Waals surface area contributed by atoms with Gasteiger partial charge in [0.05, 0.1) is 11.8 Å². The van der Waals surface area contributed by atoms with E-state index in [-0.39, 0.29) is 0 Å². The highest BCUT2D eigenvalue weighted by molar-refractivity contribution is 8.00. The first-order valence-corrected chi connectivity index (χ1v) is 3.23. The average molecular weight is 102 g/mol. The van der Waals surface area contributed by atoms with Gasteiger partial charge < -0.3 is 6.92 Å². The van der Waals surface area contributed by atoms with Crippen molar-refractivity contribution >= 4 is 11.8 Å². The molecule has 0 bridgehead atoms. The Morgan fingerprint density at radius 1 is 1.67 bits per heavy atom. The maximum absolute atomic E-state index is 3.68. The first-order valence-electron chi connectivity index (χ1n) is 2.08. The van der Waals surface area contributed by atoms with Gasteiger partial charge in [0, 0.05) is 5.75 Å². The minimum absolute atomic E-state index is 1.04. The summed E-state index contributed by atoms with van der Waals surface area (Å²) in [5, 5.41) is 0. The third kappa shape index (κ3) is 4.22. The second-order valence-electron chi connectivity index (χ2n) is 1.12. The van der Waals surface area contributed by atoms with Crippen LogP contribution in [0.2, 0.25) is 0 Å². The lowest BCUT2D eigenvalue weighted by molar-refractivity contribution is 0.971. The number of rotatable bonds is 3. The van der Waals surface area contributed by atoms with Gasteiger partial charge in [0.25, 0.3) is 0 Å². The van der Waals surface area contributed by atoms with Crippen LogP contribution in [0.15, 0.2) is 0 Å². The van der Waals surface area contributed by atoms with Gasteiger partial charge in [-0.3, -0.25) is 0 Å². The van der Waals surface area contributed by atoms with Crippen LogP contribution >= 0.6 is 11.8 Å². The second-order valence-corrected chi connectivity index (χ2v) is 1.93. The van der Waals surface area contributed by atoms with Crippen molar-refractivity contribution in [1.29, 1.82) is 0 Å². The molecule has 0 aliphatic carbocycles. The van der Waals surface area contributed by atoms with Crippen molar-refractivity contribution < 1.29 is 0 Å². The molecule has 0 spiro atoms. The zero-order valence-electron chi connectivity index (χ0n) is 3.94. The number of unbranched alkanes of at least 4 members (excludes halogenated alkanes) is 1. The Morgan fingerprint density at radius 3 is 2.50 bits per heavy atom. The van der Waals surface area contributed by atoms with Crippen molar-refractivity contribution in [1.82, 2.24) is 0 Å². The second kappa shape index (κ2) is 5.22. The zero-order valence-corrected chi connectivity index (χ0v) is 4.76. The fourth-order valence-electron chi connectivity index (χ4n) is 0.204. The van der Waals surface area contributed by atoms with Crippen molar-refractivity contribution in [3.05, 3.63) is 13.2 Å². The van der Waals surface area contributed by atoms with Gasteiger partial charge in [-0.2, -0.15) is 6.42 Å². The molecule has 0 aliphatic heterocycles. The zero-order chi connectivity index (χ0) is 4.83. The highest BCUT2D eigenvalue weighted by Crippen LogP contribution is 1.98. The predicted molar refractivity (Wildman–Crippen MR) is 32.4 cm³/mol. The topological polar surface area (TPSA) is 0 Å². The molecule has 0 N–H and O–H groups in total. The Bertz CT molecular complexity index is 15.9. The Hall–Kier alpha value is 0.220. The molecule has 0 saturated heterocycles. The van der Waals surface area contributed by atoms with E-state index in [4.69, 9.17) is 0 Å². The highest BCUT2D eigenvalue weighted by atomic mass is 32.2. The Morgan fingerprint density at radius 2 is 2.33 bits per heavy atom. The highest BCUT2D eigenvalue weighted by Gasteiger charge is 1.78. The van der Waals surface area contributed by atoms with Crippen molar-refractivity contribution in [2.24, 2.45) is 0 Å². The molecular weight excluding hydrogens is 92.1 g/mol. The van der Waals surface area contributed by atoms with Crippen LogP contribution < -0.4 is 0 Å². The Balaban J connectivity index is 2.34. The molecule has 0 heterocycles. The molecule has 0 radical (unpaired) electrons. The monoisotopic (exact) mass is 102 g/mol. The standard InChI is InChI=1S/C5H10S/c1-3-4-5-6-2/h1-5H2. The largest absolute Gasteiger partial charge is 0.343 e. The predicted octanol–water partition coefficient (Wildman–Crippen LogP) is 2.13. The summed E-state index contributed by atoms with van der Waals surface area (Å²) in [6.07, 6.45) is 5.86. The number of thioether (sulfide) groups is 1. The van der Waals surface area contributed by atoms with Crippen molar-refractivity contribution in [3.63, 3.8) is 0 Å². The number of hydrogen-bond acceptors (Lipinski definition) is 1. The summed E-state index contributed by atoms with van der Waals surface area (Å²) < 4.78 is 0. The number of hydrogen-bond donors (Lipinski definition) is 0. The molecule has 0 fully saturated rings. The van der Waals surface area contributed by atoms with Gasteiger partial charge in [0.1, 0.15) is 6.26 Å². The van der Waals surface area contributed by atoms with Crippen LogP contribution in [0.1, 0.15) is 12.8 Å². The molecule has 0 aromatic heterocycles. The first-order chi connectivity index (χ1) is 2.91. The smallest absolute Gasteiger partial charge is 0.128 e. The minimum atomic E-state index is 1.04. The lowest BCUT2D eigenvalue weighted by atomic mass is 10.4. The molecule has 0 unspecified atom stereocenters. The lowest BCUT2D eigenvalue weighted by Crippen LogP contribution is -1.70. The summed E-state index contributed by atoms with van der Waals surface area (Å²) in [7, 11) is 0. The molecule has 0 aliphatic rings. The van der Waals surface area contributed by atoms with E-state index in [1.165, 1.54) is 6.42 Å². The summed E-state index contributed by atoms with van der Waals surface area (Å²) in [6.45, 7) is 3.68.